The minimum Gasteiger partial charge on any atom is -0.270 e. The summed E-state index contributed by atoms with van der Waals surface area (Å²) >= 11 is 5.83. The summed E-state index contributed by atoms with van der Waals surface area (Å²) in [5, 5.41) is 0.584. The number of nitrogens with one attached hydrogen (secondary N) is 1. The number of nitrogens with zero attached hydrogens (tertiary/aromatic N) is 1. The van der Waals surface area contributed by atoms with Crippen molar-refractivity contribution in [3.63, 3.8) is 0 Å². The zero-order valence-corrected chi connectivity index (χ0v) is 17.2. The van der Waals surface area contributed by atoms with E-state index in [4.69, 9.17) is 11.6 Å². The van der Waals surface area contributed by atoms with Gasteiger partial charge in [0.05, 0.1) is 16.3 Å². The van der Waals surface area contributed by atoms with Crippen LogP contribution in [0.4, 0.5) is 5.69 Å². The third kappa shape index (κ3) is 4.63. The monoisotopic (exact) mass is 428 g/mol. The fourth-order valence-corrected chi connectivity index (χ4v) is 6.03. The Hall–Kier alpha value is -1.61. The molecule has 0 aromatic heterocycles. The summed E-state index contributed by atoms with van der Waals surface area (Å²) in [5.41, 5.74) is 1.79. The van der Waals surface area contributed by atoms with Crippen LogP contribution in [0.5, 0.6) is 0 Å². The van der Waals surface area contributed by atoms with Gasteiger partial charge in [-0.15, -0.1) is 0 Å². The fraction of sp³-hybridized carbons (Fsp3) is 0.333. The Kier molecular flexibility index (Phi) is 5.81. The quantitative estimate of drug-likeness (QED) is 0.793. The van der Waals surface area contributed by atoms with Crippen LogP contribution < -0.4 is 9.03 Å². The molecule has 0 spiro atoms. The number of aryl methyl sites for hydroxylation is 1. The Bertz CT molecular complexity index is 1040. The van der Waals surface area contributed by atoms with Gasteiger partial charge in [-0.1, -0.05) is 23.7 Å². The first-order chi connectivity index (χ1) is 12.7. The summed E-state index contributed by atoms with van der Waals surface area (Å²) in [6.07, 6.45) is 1.44. The summed E-state index contributed by atoms with van der Waals surface area (Å²) in [7, 11) is -7.06. The van der Waals surface area contributed by atoms with E-state index in [-0.39, 0.29) is 17.2 Å². The van der Waals surface area contributed by atoms with Gasteiger partial charge in [0.15, 0.2) is 0 Å². The van der Waals surface area contributed by atoms with E-state index in [1.54, 1.807) is 43.3 Å². The molecule has 1 heterocycles. The van der Waals surface area contributed by atoms with Crippen LogP contribution in [0, 0.1) is 6.92 Å². The average molecular weight is 429 g/mol. The van der Waals surface area contributed by atoms with Gasteiger partial charge in [-0.2, -0.15) is 0 Å². The highest BCUT2D eigenvalue weighted by Crippen LogP contribution is 2.27. The molecule has 27 heavy (non-hydrogen) atoms. The summed E-state index contributed by atoms with van der Waals surface area (Å²) in [4.78, 5) is 0.134. The van der Waals surface area contributed by atoms with Gasteiger partial charge in [0.25, 0.3) is 0 Å². The molecular formula is C18H21ClN2O4S2. The van der Waals surface area contributed by atoms with Crippen LogP contribution in [-0.4, -0.2) is 29.1 Å². The van der Waals surface area contributed by atoms with Crippen LogP contribution in [0.3, 0.4) is 0 Å². The molecule has 1 saturated heterocycles. The lowest BCUT2D eigenvalue weighted by molar-refractivity contribution is 0.574. The largest absolute Gasteiger partial charge is 0.270 e. The average Bonchev–Trinajstić information content (AvgIpc) is 2.60. The molecule has 0 bridgehead atoms. The minimum absolute atomic E-state index is 0.120. The lowest BCUT2D eigenvalue weighted by atomic mass is 10.2. The van der Waals surface area contributed by atoms with Crippen LogP contribution in [0.2, 0.25) is 5.02 Å². The van der Waals surface area contributed by atoms with Crippen LogP contribution >= 0.6 is 11.6 Å². The standard InChI is InChI=1S/C18H21ClN2O4S2/c1-14-12-17(21-10-2-3-11-26(21,22)23)8-9-18(14)27(24,25)20-13-15-4-6-16(19)7-5-15/h4-9,12,20H,2-3,10-11,13H2,1H3. The Morgan fingerprint density at radius 3 is 2.44 bits per heavy atom. The lowest BCUT2D eigenvalue weighted by Gasteiger charge is -2.28. The van der Waals surface area contributed by atoms with Crippen molar-refractivity contribution < 1.29 is 16.8 Å². The SMILES string of the molecule is Cc1cc(N2CCCCS2(=O)=O)ccc1S(=O)(=O)NCc1ccc(Cl)cc1. The zero-order chi connectivity index (χ0) is 19.7. The van der Waals surface area contributed by atoms with E-state index in [9.17, 15) is 16.8 Å². The van der Waals surface area contributed by atoms with E-state index in [2.05, 4.69) is 4.72 Å². The maximum atomic E-state index is 12.6. The first kappa shape index (κ1) is 20.1. The topological polar surface area (TPSA) is 83.6 Å². The molecule has 146 valence electrons. The number of benzene rings is 2. The third-order valence-electron chi connectivity index (χ3n) is 4.46. The van der Waals surface area contributed by atoms with Gasteiger partial charge in [0.1, 0.15) is 0 Å². The van der Waals surface area contributed by atoms with Gasteiger partial charge in [-0.3, -0.25) is 4.31 Å². The molecule has 0 saturated carbocycles. The van der Waals surface area contributed by atoms with E-state index < -0.39 is 20.0 Å². The maximum absolute atomic E-state index is 12.6. The normalized spacial score (nSPS) is 17.0. The number of halogens is 1. The van der Waals surface area contributed by atoms with Gasteiger partial charge < -0.3 is 0 Å². The molecule has 1 fully saturated rings. The van der Waals surface area contributed by atoms with Gasteiger partial charge >= 0.3 is 0 Å². The molecule has 3 rings (SSSR count). The number of rotatable bonds is 5. The molecule has 0 unspecified atom stereocenters. The van der Waals surface area contributed by atoms with Crippen LogP contribution in [0.1, 0.15) is 24.0 Å². The predicted octanol–water partition coefficient (Wildman–Crippen LogP) is 3.06. The second-order valence-corrected chi connectivity index (χ2v) is 10.7. The van der Waals surface area contributed by atoms with E-state index in [1.165, 1.54) is 10.4 Å². The Balaban J connectivity index is 1.80. The first-order valence-electron chi connectivity index (χ1n) is 8.54. The van der Waals surface area contributed by atoms with E-state index in [0.29, 0.717) is 29.2 Å². The van der Waals surface area contributed by atoms with E-state index in [0.717, 1.165) is 12.0 Å². The Morgan fingerprint density at radius 2 is 1.81 bits per heavy atom. The molecule has 1 aliphatic rings. The lowest BCUT2D eigenvalue weighted by Crippen LogP contribution is -2.37. The van der Waals surface area contributed by atoms with Gasteiger partial charge in [0.2, 0.25) is 20.0 Å². The van der Waals surface area contributed by atoms with Crippen LogP contribution in [-0.2, 0) is 26.6 Å². The van der Waals surface area contributed by atoms with Crippen molar-refractivity contribution in [3.8, 4) is 0 Å². The Morgan fingerprint density at radius 1 is 1.11 bits per heavy atom. The molecule has 0 atom stereocenters. The summed E-state index contributed by atoms with van der Waals surface area (Å²) in [5.74, 6) is 0.120. The summed E-state index contributed by atoms with van der Waals surface area (Å²) in [6, 6.07) is 11.5. The molecule has 0 aliphatic carbocycles. The van der Waals surface area contributed by atoms with Gasteiger partial charge in [-0.25, -0.2) is 21.6 Å². The number of anilines is 1. The maximum Gasteiger partial charge on any atom is 0.241 e. The van der Waals surface area contributed by atoms with E-state index >= 15 is 0 Å². The fourth-order valence-electron chi connectivity index (χ4n) is 3.03. The van der Waals surface area contributed by atoms with Crippen LogP contribution in [0.25, 0.3) is 0 Å². The second-order valence-electron chi connectivity index (χ2n) is 6.50. The second kappa shape index (κ2) is 7.79. The number of hydrogen-bond donors (Lipinski definition) is 1. The number of hydrogen-bond acceptors (Lipinski definition) is 4. The molecule has 2 aromatic carbocycles. The molecule has 6 nitrogen and oxygen atoms in total. The van der Waals surface area contributed by atoms with Crippen molar-refractivity contribution in [3.05, 3.63) is 58.6 Å². The minimum atomic E-state index is -3.73. The molecule has 1 N–H and O–H groups in total. The van der Waals surface area contributed by atoms with Gasteiger partial charge in [-0.05, 0) is 61.2 Å². The summed E-state index contributed by atoms with van der Waals surface area (Å²) in [6.45, 7) is 2.22. The van der Waals surface area contributed by atoms with E-state index in [1.807, 2.05) is 0 Å². The highest BCUT2D eigenvalue weighted by molar-refractivity contribution is 7.92. The molecule has 9 heteroatoms. The van der Waals surface area contributed by atoms with Crippen molar-refractivity contribution in [1.82, 2.24) is 4.72 Å². The van der Waals surface area contributed by atoms with Crippen molar-refractivity contribution in [2.24, 2.45) is 0 Å². The number of sulfonamides is 2. The molecule has 0 amide bonds. The van der Waals surface area contributed by atoms with Crippen molar-refractivity contribution in [2.45, 2.75) is 31.2 Å². The smallest absolute Gasteiger partial charge is 0.241 e. The highest BCUT2D eigenvalue weighted by Gasteiger charge is 2.27. The van der Waals surface area contributed by atoms with Gasteiger partial charge in [0, 0.05) is 18.1 Å². The molecule has 1 aliphatic heterocycles. The zero-order valence-electron chi connectivity index (χ0n) is 14.9. The van der Waals surface area contributed by atoms with Crippen molar-refractivity contribution in [1.29, 1.82) is 0 Å². The first-order valence-corrected chi connectivity index (χ1v) is 12.0. The van der Waals surface area contributed by atoms with Crippen LogP contribution in [0.15, 0.2) is 47.4 Å². The molecular weight excluding hydrogens is 408 g/mol. The molecule has 0 radical (unpaired) electrons. The Labute approximate surface area is 165 Å². The predicted molar refractivity (Wildman–Crippen MR) is 107 cm³/mol. The van der Waals surface area contributed by atoms with Crippen molar-refractivity contribution >= 4 is 37.3 Å². The third-order valence-corrected chi connectivity index (χ3v) is 8.15. The summed E-state index contributed by atoms with van der Waals surface area (Å²) < 4.78 is 53.7. The highest BCUT2D eigenvalue weighted by atomic mass is 35.5. The van der Waals surface area contributed by atoms with Crippen molar-refractivity contribution in [2.75, 3.05) is 16.6 Å². The molecule has 2 aromatic rings.